The van der Waals surface area contributed by atoms with E-state index in [9.17, 15) is 18.4 Å². The number of para-hydroxylation sites is 2. The average molecular weight is 392 g/mol. The van der Waals surface area contributed by atoms with E-state index in [0.29, 0.717) is 17.1 Å². The number of carbonyl (C=O) groups is 2. The molecule has 0 spiro atoms. The zero-order valence-corrected chi connectivity index (χ0v) is 14.9. The number of methoxy groups -OCH3 is 1. The summed E-state index contributed by atoms with van der Waals surface area (Å²) >= 11 is 0. The van der Waals surface area contributed by atoms with Crippen LogP contribution in [0.5, 0.6) is 11.5 Å². The summed E-state index contributed by atoms with van der Waals surface area (Å²) in [6.45, 7) is -2.80. The summed E-state index contributed by atoms with van der Waals surface area (Å²) in [5.41, 5.74) is 1.11. The van der Waals surface area contributed by atoms with Gasteiger partial charge in [-0.2, -0.15) is 8.78 Å². The molecule has 0 radical (unpaired) electrons. The number of alkyl halides is 2. The monoisotopic (exact) mass is 392 g/mol. The Kier molecular flexibility index (Phi) is 5.93. The van der Waals surface area contributed by atoms with Gasteiger partial charge in [-0.1, -0.05) is 12.1 Å². The number of carbonyl (C=O) groups excluding carboxylic acids is 2. The predicted octanol–water partition coefficient (Wildman–Crippen LogP) is 2.67. The zero-order valence-electron chi connectivity index (χ0n) is 14.9. The number of anilines is 2. The Hall–Kier alpha value is -3.36. The summed E-state index contributed by atoms with van der Waals surface area (Å²) in [5, 5.41) is 2.68. The predicted molar refractivity (Wildman–Crippen MR) is 96.8 cm³/mol. The van der Waals surface area contributed by atoms with Crippen molar-refractivity contribution in [1.29, 1.82) is 0 Å². The molecule has 7 nitrogen and oxygen atoms in total. The molecule has 28 heavy (non-hydrogen) atoms. The molecule has 0 saturated carbocycles. The Balaban J connectivity index is 1.67. The largest absolute Gasteiger partial charge is 0.475 e. The van der Waals surface area contributed by atoms with Crippen LogP contribution >= 0.6 is 0 Å². The lowest BCUT2D eigenvalue weighted by Gasteiger charge is -2.34. The van der Waals surface area contributed by atoms with Crippen LogP contribution in [-0.4, -0.2) is 44.8 Å². The van der Waals surface area contributed by atoms with Gasteiger partial charge in [0.2, 0.25) is 12.0 Å². The number of halogens is 2. The van der Waals surface area contributed by atoms with Gasteiger partial charge in [-0.3, -0.25) is 4.79 Å². The maximum atomic E-state index is 12.4. The van der Waals surface area contributed by atoms with Crippen LogP contribution in [0.15, 0.2) is 48.5 Å². The number of rotatable bonds is 6. The first-order valence-electron chi connectivity index (χ1n) is 8.39. The molecule has 0 bridgehead atoms. The van der Waals surface area contributed by atoms with Crippen LogP contribution in [0.3, 0.4) is 0 Å². The topological polar surface area (TPSA) is 77.1 Å². The van der Waals surface area contributed by atoms with E-state index in [1.807, 2.05) is 0 Å². The third kappa shape index (κ3) is 4.67. The first kappa shape index (κ1) is 19.4. The molecule has 1 unspecified atom stereocenters. The lowest BCUT2D eigenvalue weighted by Crippen LogP contribution is -2.47. The molecule has 148 valence electrons. The molecule has 1 aliphatic heterocycles. The minimum Gasteiger partial charge on any atom is -0.475 e. The van der Waals surface area contributed by atoms with Crippen molar-refractivity contribution in [2.45, 2.75) is 12.7 Å². The van der Waals surface area contributed by atoms with Crippen molar-refractivity contribution in [3.63, 3.8) is 0 Å². The number of ether oxygens (including phenoxy) is 3. The lowest BCUT2D eigenvalue weighted by molar-refractivity contribution is -0.148. The Bertz CT molecular complexity index is 844. The highest BCUT2D eigenvalue weighted by Gasteiger charge is 2.32. The zero-order chi connectivity index (χ0) is 20.1. The van der Waals surface area contributed by atoms with Crippen molar-refractivity contribution in [2.75, 3.05) is 30.4 Å². The van der Waals surface area contributed by atoms with Crippen molar-refractivity contribution in [3.05, 3.63) is 48.5 Å². The van der Waals surface area contributed by atoms with Gasteiger partial charge in [0.15, 0.2) is 0 Å². The highest BCUT2D eigenvalue weighted by molar-refractivity contribution is 5.94. The molecule has 0 aliphatic carbocycles. The third-order valence-corrected chi connectivity index (χ3v) is 4.02. The maximum Gasteiger partial charge on any atom is 0.387 e. The molecule has 0 fully saturated rings. The van der Waals surface area contributed by atoms with E-state index >= 15 is 0 Å². The van der Waals surface area contributed by atoms with E-state index in [4.69, 9.17) is 9.47 Å². The minimum absolute atomic E-state index is 0.00368. The first-order chi connectivity index (χ1) is 13.5. The van der Waals surface area contributed by atoms with Crippen LogP contribution in [0.25, 0.3) is 0 Å². The highest BCUT2D eigenvalue weighted by atomic mass is 19.3. The van der Waals surface area contributed by atoms with E-state index < -0.39 is 18.7 Å². The molecule has 2 aromatic carbocycles. The molecule has 1 N–H and O–H groups in total. The van der Waals surface area contributed by atoms with E-state index in [1.54, 1.807) is 29.2 Å². The minimum atomic E-state index is -2.91. The Morgan fingerprint density at radius 3 is 2.61 bits per heavy atom. The fraction of sp³-hybridized carbons (Fsp3) is 0.263. The molecular weight excluding hydrogens is 374 g/mol. The van der Waals surface area contributed by atoms with Crippen LogP contribution in [0.2, 0.25) is 0 Å². The Labute approximate surface area is 159 Å². The Morgan fingerprint density at radius 2 is 1.93 bits per heavy atom. The fourth-order valence-electron chi connectivity index (χ4n) is 2.80. The van der Waals surface area contributed by atoms with Gasteiger partial charge in [-0.25, -0.2) is 4.79 Å². The Morgan fingerprint density at radius 1 is 1.21 bits per heavy atom. The van der Waals surface area contributed by atoms with Crippen molar-refractivity contribution < 1.29 is 32.6 Å². The standard InChI is InChI=1S/C19H18F2N2O5/c1-26-18(25)16-10-23(14-4-2-3-5-15(14)28-16)11-17(24)22-12-6-8-13(9-7-12)27-19(20)21/h2-9,16,19H,10-11H2,1H3,(H,22,24). The van der Waals surface area contributed by atoms with Crippen molar-refractivity contribution in [2.24, 2.45) is 0 Å². The molecule has 1 aliphatic rings. The number of hydrogen-bond donors (Lipinski definition) is 1. The summed E-state index contributed by atoms with van der Waals surface area (Å²) in [5.74, 6) is -0.404. The SMILES string of the molecule is COC(=O)C1CN(CC(=O)Nc2ccc(OC(F)F)cc2)c2ccccc2O1. The normalized spacial score (nSPS) is 15.4. The first-order valence-corrected chi connectivity index (χ1v) is 8.39. The number of fused-ring (bicyclic) bond motifs is 1. The maximum absolute atomic E-state index is 12.4. The van der Waals surface area contributed by atoms with Crippen LogP contribution in [0, 0.1) is 0 Å². The van der Waals surface area contributed by atoms with E-state index in [2.05, 4.69) is 10.1 Å². The van der Waals surface area contributed by atoms with Crippen LogP contribution in [0.1, 0.15) is 0 Å². The number of amides is 1. The summed E-state index contributed by atoms with van der Waals surface area (Å²) in [6, 6.07) is 12.6. The summed E-state index contributed by atoms with van der Waals surface area (Å²) in [7, 11) is 1.27. The molecule has 1 atom stereocenters. The van der Waals surface area contributed by atoms with Gasteiger partial charge in [-0.05, 0) is 36.4 Å². The molecule has 9 heteroatoms. The second-order valence-corrected chi connectivity index (χ2v) is 5.93. The number of hydrogen-bond acceptors (Lipinski definition) is 6. The molecule has 1 amide bonds. The van der Waals surface area contributed by atoms with Crippen LogP contribution in [0.4, 0.5) is 20.2 Å². The van der Waals surface area contributed by atoms with Gasteiger partial charge >= 0.3 is 12.6 Å². The second-order valence-electron chi connectivity index (χ2n) is 5.93. The highest BCUT2D eigenvalue weighted by Crippen LogP contribution is 2.33. The quantitative estimate of drug-likeness (QED) is 0.762. The number of nitrogens with one attached hydrogen (secondary N) is 1. The van der Waals surface area contributed by atoms with Gasteiger partial charge in [0.1, 0.15) is 11.5 Å². The number of esters is 1. The molecule has 2 aromatic rings. The summed E-state index contributed by atoms with van der Waals surface area (Å²) in [4.78, 5) is 26.0. The van der Waals surface area contributed by atoms with Gasteiger partial charge in [0.05, 0.1) is 25.9 Å². The van der Waals surface area contributed by atoms with Crippen LogP contribution in [-0.2, 0) is 14.3 Å². The van der Waals surface area contributed by atoms with Crippen molar-refractivity contribution >= 4 is 23.3 Å². The fourth-order valence-corrected chi connectivity index (χ4v) is 2.80. The van der Waals surface area contributed by atoms with Gasteiger partial charge in [-0.15, -0.1) is 0 Å². The summed E-state index contributed by atoms with van der Waals surface area (Å²) in [6.07, 6.45) is -0.849. The van der Waals surface area contributed by atoms with Crippen molar-refractivity contribution in [3.8, 4) is 11.5 Å². The van der Waals surface area contributed by atoms with Gasteiger partial charge < -0.3 is 24.4 Å². The average Bonchev–Trinajstić information content (AvgIpc) is 2.68. The molecule has 3 rings (SSSR count). The van der Waals surface area contributed by atoms with Crippen LogP contribution < -0.4 is 19.7 Å². The molecule has 1 heterocycles. The number of nitrogens with zero attached hydrogens (tertiary/aromatic N) is 1. The molecule has 0 aromatic heterocycles. The smallest absolute Gasteiger partial charge is 0.387 e. The second kappa shape index (κ2) is 8.55. The molecule has 0 saturated heterocycles. The van der Waals surface area contributed by atoms with E-state index in [-0.39, 0.29) is 24.7 Å². The molecular formula is C19H18F2N2O5. The number of benzene rings is 2. The van der Waals surface area contributed by atoms with Gasteiger partial charge in [0, 0.05) is 5.69 Å². The third-order valence-electron chi connectivity index (χ3n) is 4.02. The van der Waals surface area contributed by atoms with Gasteiger partial charge in [0.25, 0.3) is 0 Å². The van der Waals surface area contributed by atoms with E-state index in [0.717, 1.165) is 0 Å². The summed E-state index contributed by atoms with van der Waals surface area (Å²) < 4.78 is 39.0. The lowest BCUT2D eigenvalue weighted by atomic mass is 10.2. The van der Waals surface area contributed by atoms with E-state index in [1.165, 1.54) is 31.4 Å². The van der Waals surface area contributed by atoms with Crippen molar-refractivity contribution in [1.82, 2.24) is 0 Å².